The van der Waals surface area contributed by atoms with Gasteiger partial charge in [0.05, 0.1) is 5.52 Å². The molecule has 4 heteroatoms. The number of benzene rings is 2. The summed E-state index contributed by atoms with van der Waals surface area (Å²) in [5.74, 6) is 0.621. The Hall–Kier alpha value is -2.46. The maximum Gasteiger partial charge on any atom is 0.223 e. The van der Waals surface area contributed by atoms with Crippen molar-refractivity contribution in [1.29, 1.82) is 0 Å². The molecule has 0 aliphatic carbocycles. The third-order valence-corrected chi connectivity index (χ3v) is 3.11. The lowest BCUT2D eigenvalue weighted by atomic mass is 10.0. The number of anilines is 1. The number of aromatic nitrogens is 2. The number of rotatable bonds is 4. The van der Waals surface area contributed by atoms with E-state index in [1.807, 2.05) is 30.5 Å². The highest BCUT2D eigenvalue weighted by atomic mass is 15.1. The fourth-order valence-electron chi connectivity index (χ4n) is 2.11. The van der Waals surface area contributed by atoms with E-state index in [1.54, 1.807) is 0 Å². The second-order valence-electron chi connectivity index (χ2n) is 4.55. The fourth-order valence-corrected chi connectivity index (χ4v) is 2.11. The highest BCUT2D eigenvalue weighted by Crippen LogP contribution is 2.23. The number of nitrogens with one attached hydrogen (secondary N) is 1. The molecule has 3 rings (SSSR count). The molecule has 3 N–H and O–H groups in total. The van der Waals surface area contributed by atoms with Gasteiger partial charge in [-0.1, -0.05) is 36.4 Å². The molecule has 0 radical (unpaired) electrons. The monoisotopic (exact) mass is 264 g/mol. The molecular weight excluding hydrogens is 248 g/mol. The van der Waals surface area contributed by atoms with Crippen LogP contribution in [0.25, 0.3) is 22.0 Å². The van der Waals surface area contributed by atoms with Gasteiger partial charge in [-0.2, -0.15) is 0 Å². The molecule has 3 aromatic rings. The van der Waals surface area contributed by atoms with Crippen molar-refractivity contribution in [2.24, 2.45) is 5.73 Å². The van der Waals surface area contributed by atoms with Crippen molar-refractivity contribution in [3.63, 3.8) is 0 Å². The number of hydrogen-bond donors (Lipinski definition) is 2. The van der Waals surface area contributed by atoms with E-state index in [2.05, 4.69) is 39.6 Å². The van der Waals surface area contributed by atoms with Gasteiger partial charge in [-0.25, -0.2) is 9.97 Å². The van der Waals surface area contributed by atoms with Crippen LogP contribution in [0.2, 0.25) is 0 Å². The molecule has 0 bridgehead atoms. The lowest BCUT2D eigenvalue weighted by molar-refractivity contribution is 0.996. The average molecular weight is 264 g/mol. The Bertz CT molecular complexity index is 710. The normalized spacial score (nSPS) is 10.7. The quantitative estimate of drug-likeness (QED) is 0.760. The van der Waals surface area contributed by atoms with E-state index >= 15 is 0 Å². The zero-order valence-corrected chi connectivity index (χ0v) is 11.1. The average Bonchev–Trinajstić information content (AvgIpc) is 2.53. The molecule has 0 atom stereocenters. The third-order valence-electron chi connectivity index (χ3n) is 3.11. The van der Waals surface area contributed by atoms with Gasteiger partial charge in [-0.3, -0.25) is 0 Å². The van der Waals surface area contributed by atoms with Gasteiger partial charge in [0, 0.05) is 24.7 Å². The third kappa shape index (κ3) is 2.60. The Morgan fingerprint density at radius 1 is 1.00 bits per heavy atom. The maximum absolute atomic E-state index is 5.46. The van der Waals surface area contributed by atoms with Crippen LogP contribution in [0.4, 0.5) is 5.95 Å². The van der Waals surface area contributed by atoms with Crippen molar-refractivity contribution in [3.05, 3.63) is 54.7 Å². The zero-order valence-electron chi connectivity index (χ0n) is 11.1. The van der Waals surface area contributed by atoms with Crippen LogP contribution >= 0.6 is 0 Å². The zero-order chi connectivity index (χ0) is 13.8. The SMILES string of the molecule is NCCNc1ncc2cc(-c3ccccc3)ccc2n1. The van der Waals surface area contributed by atoms with E-state index in [0.29, 0.717) is 19.0 Å². The number of nitrogens with two attached hydrogens (primary N) is 1. The largest absolute Gasteiger partial charge is 0.353 e. The predicted molar refractivity (Wildman–Crippen MR) is 82.5 cm³/mol. The van der Waals surface area contributed by atoms with E-state index in [-0.39, 0.29) is 0 Å². The molecule has 0 saturated carbocycles. The van der Waals surface area contributed by atoms with E-state index in [4.69, 9.17) is 5.73 Å². The first kappa shape index (κ1) is 12.6. The summed E-state index contributed by atoms with van der Waals surface area (Å²) in [7, 11) is 0. The lowest BCUT2D eigenvalue weighted by Gasteiger charge is -2.06. The van der Waals surface area contributed by atoms with Crippen LogP contribution in [0, 0.1) is 0 Å². The summed E-state index contributed by atoms with van der Waals surface area (Å²) >= 11 is 0. The van der Waals surface area contributed by atoms with Crippen molar-refractivity contribution < 1.29 is 0 Å². The van der Waals surface area contributed by atoms with Crippen molar-refractivity contribution in [2.75, 3.05) is 18.4 Å². The smallest absolute Gasteiger partial charge is 0.223 e. The summed E-state index contributed by atoms with van der Waals surface area (Å²) in [6.07, 6.45) is 1.84. The number of fused-ring (bicyclic) bond motifs is 1. The molecule has 0 aliphatic heterocycles. The first-order chi connectivity index (χ1) is 9.86. The summed E-state index contributed by atoms with van der Waals surface area (Å²) < 4.78 is 0. The molecule has 20 heavy (non-hydrogen) atoms. The van der Waals surface area contributed by atoms with E-state index in [9.17, 15) is 0 Å². The maximum atomic E-state index is 5.46. The summed E-state index contributed by atoms with van der Waals surface area (Å²) in [4.78, 5) is 8.77. The Labute approximate surface area is 117 Å². The van der Waals surface area contributed by atoms with E-state index in [1.165, 1.54) is 11.1 Å². The standard InChI is InChI=1S/C16H16N4/c17-8-9-18-16-19-11-14-10-13(6-7-15(14)20-16)12-4-2-1-3-5-12/h1-7,10-11H,8-9,17H2,(H,18,19,20). The van der Waals surface area contributed by atoms with E-state index < -0.39 is 0 Å². The van der Waals surface area contributed by atoms with Gasteiger partial charge in [0.2, 0.25) is 5.95 Å². The van der Waals surface area contributed by atoms with Gasteiger partial charge in [0.25, 0.3) is 0 Å². The molecule has 0 unspecified atom stereocenters. The molecule has 0 fully saturated rings. The van der Waals surface area contributed by atoms with Crippen LogP contribution in [0.1, 0.15) is 0 Å². The minimum atomic E-state index is 0.564. The Morgan fingerprint density at radius 3 is 2.65 bits per heavy atom. The highest BCUT2D eigenvalue weighted by Gasteiger charge is 2.02. The Morgan fingerprint density at radius 2 is 1.85 bits per heavy atom. The fraction of sp³-hybridized carbons (Fsp3) is 0.125. The van der Waals surface area contributed by atoms with Crippen LogP contribution < -0.4 is 11.1 Å². The van der Waals surface area contributed by atoms with Crippen LogP contribution in [0.5, 0.6) is 0 Å². The van der Waals surface area contributed by atoms with Gasteiger partial charge in [-0.15, -0.1) is 0 Å². The summed E-state index contributed by atoms with van der Waals surface area (Å²) in [5, 5.41) is 4.12. The van der Waals surface area contributed by atoms with Crippen LogP contribution in [-0.2, 0) is 0 Å². The number of nitrogens with zero attached hydrogens (tertiary/aromatic N) is 2. The topological polar surface area (TPSA) is 63.8 Å². The molecular formula is C16H16N4. The van der Waals surface area contributed by atoms with Crippen LogP contribution in [0.15, 0.2) is 54.7 Å². The second-order valence-corrected chi connectivity index (χ2v) is 4.55. The van der Waals surface area contributed by atoms with Crippen LogP contribution in [-0.4, -0.2) is 23.1 Å². The predicted octanol–water partition coefficient (Wildman–Crippen LogP) is 2.67. The molecule has 0 spiro atoms. The molecule has 2 aromatic carbocycles. The minimum absolute atomic E-state index is 0.564. The molecule has 0 amide bonds. The van der Waals surface area contributed by atoms with Crippen molar-refractivity contribution in [1.82, 2.24) is 9.97 Å². The van der Waals surface area contributed by atoms with Crippen molar-refractivity contribution in [2.45, 2.75) is 0 Å². The Kier molecular flexibility index (Phi) is 3.56. The second kappa shape index (κ2) is 5.67. The molecule has 1 heterocycles. The molecule has 100 valence electrons. The minimum Gasteiger partial charge on any atom is -0.353 e. The summed E-state index contributed by atoms with van der Waals surface area (Å²) in [6.45, 7) is 1.24. The lowest BCUT2D eigenvalue weighted by Crippen LogP contribution is -2.14. The first-order valence-corrected chi connectivity index (χ1v) is 6.63. The highest BCUT2D eigenvalue weighted by molar-refractivity contribution is 5.84. The van der Waals surface area contributed by atoms with Gasteiger partial charge >= 0.3 is 0 Å². The summed E-state index contributed by atoms with van der Waals surface area (Å²) in [6, 6.07) is 16.5. The van der Waals surface area contributed by atoms with Crippen molar-refractivity contribution >= 4 is 16.9 Å². The van der Waals surface area contributed by atoms with Crippen LogP contribution in [0.3, 0.4) is 0 Å². The Balaban J connectivity index is 1.96. The van der Waals surface area contributed by atoms with Gasteiger partial charge in [-0.05, 0) is 23.3 Å². The number of hydrogen-bond acceptors (Lipinski definition) is 4. The van der Waals surface area contributed by atoms with Gasteiger partial charge in [0.1, 0.15) is 0 Å². The van der Waals surface area contributed by atoms with Gasteiger partial charge in [0.15, 0.2) is 0 Å². The van der Waals surface area contributed by atoms with Crippen molar-refractivity contribution in [3.8, 4) is 11.1 Å². The molecule has 4 nitrogen and oxygen atoms in total. The summed E-state index contributed by atoms with van der Waals surface area (Å²) in [5.41, 5.74) is 8.75. The van der Waals surface area contributed by atoms with E-state index in [0.717, 1.165) is 10.9 Å². The molecule has 0 aliphatic rings. The molecule has 1 aromatic heterocycles. The first-order valence-electron chi connectivity index (χ1n) is 6.63. The molecule has 0 saturated heterocycles. The van der Waals surface area contributed by atoms with Gasteiger partial charge < -0.3 is 11.1 Å².